The summed E-state index contributed by atoms with van der Waals surface area (Å²) in [5.74, 6) is -0.990. The van der Waals surface area contributed by atoms with Crippen LogP contribution in [0.25, 0.3) is 0 Å². The Bertz CT molecular complexity index is 804. The van der Waals surface area contributed by atoms with E-state index >= 15 is 0 Å². The fraction of sp³-hybridized carbons (Fsp3) is 0.125. The summed E-state index contributed by atoms with van der Waals surface area (Å²) in [6.07, 6.45) is 0. The molecule has 2 aromatic rings. The number of nitrogens with two attached hydrogens (primary N) is 1. The van der Waals surface area contributed by atoms with E-state index in [4.69, 9.17) is 10.5 Å². The van der Waals surface area contributed by atoms with Gasteiger partial charge in [-0.05, 0) is 24.6 Å². The smallest absolute Gasteiger partial charge is 0.271 e. The highest BCUT2D eigenvalue weighted by atomic mass is 16.6. The molecule has 0 heterocycles. The molecule has 124 valence electrons. The number of para-hydroxylation sites is 1. The summed E-state index contributed by atoms with van der Waals surface area (Å²) in [6, 6.07) is 10.5. The first-order valence-corrected chi connectivity index (χ1v) is 6.95. The first-order valence-electron chi connectivity index (χ1n) is 6.95. The Labute approximate surface area is 137 Å². The van der Waals surface area contributed by atoms with Crippen LogP contribution in [0.5, 0.6) is 5.75 Å². The van der Waals surface area contributed by atoms with E-state index < -0.39 is 16.7 Å². The molecular weight excluding hydrogens is 314 g/mol. The topological polar surface area (TPSA) is 125 Å². The van der Waals surface area contributed by atoms with Crippen molar-refractivity contribution in [3.63, 3.8) is 0 Å². The molecule has 0 saturated carbocycles. The highest BCUT2D eigenvalue weighted by Crippen LogP contribution is 2.24. The third-order valence-electron chi connectivity index (χ3n) is 3.18. The molecular formula is C16H15N3O5. The third kappa shape index (κ3) is 4.07. The third-order valence-corrected chi connectivity index (χ3v) is 3.18. The van der Waals surface area contributed by atoms with Crippen LogP contribution in [0.3, 0.4) is 0 Å². The number of anilines is 1. The fourth-order valence-electron chi connectivity index (χ4n) is 1.98. The number of ether oxygens (including phenoxy) is 1. The molecule has 8 heteroatoms. The van der Waals surface area contributed by atoms with E-state index in [1.54, 1.807) is 25.1 Å². The van der Waals surface area contributed by atoms with Crippen molar-refractivity contribution in [3.8, 4) is 5.75 Å². The van der Waals surface area contributed by atoms with Gasteiger partial charge < -0.3 is 15.8 Å². The Morgan fingerprint density at radius 3 is 2.62 bits per heavy atom. The SMILES string of the molecule is Cc1ccc([N+](=O)[O-])cc1NC(=O)c1ccccc1OCC(N)=O. The van der Waals surface area contributed by atoms with Gasteiger partial charge in [0.25, 0.3) is 17.5 Å². The van der Waals surface area contributed by atoms with Gasteiger partial charge in [0, 0.05) is 12.1 Å². The number of carbonyl (C=O) groups excluding carboxylic acids is 2. The van der Waals surface area contributed by atoms with Crippen molar-refractivity contribution in [3.05, 3.63) is 63.7 Å². The van der Waals surface area contributed by atoms with Gasteiger partial charge in [0.15, 0.2) is 6.61 Å². The number of nitro benzene ring substituents is 1. The van der Waals surface area contributed by atoms with Crippen LogP contribution >= 0.6 is 0 Å². The van der Waals surface area contributed by atoms with Crippen LogP contribution in [0.2, 0.25) is 0 Å². The molecule has 0 saturated heterocycles. The molecule has 0 radical (unpaired) electrons. The van der Waals surface area contributed by atoms with Gasteiger partial charge in [-0.2, -0.15) is 0 Å². The van der Waals surface area contributed by atoms with Gasteiger partial charge >= 0.3 is 0 Å². The molecule has 0 aliphatic carbocycles. The minimum Gasteiger partial charge on any atom is -0.483 e. The van der Waals surface area contributed by atoms with Crippen molar-refractivity contribution in [1.29, 1.82) is 0 Å². The zero-order valence-corrected chi connectivity index (χ0v) is 12.8. The average molecular weight is 329 g/mol. The number of benzene rings is 2. The molecule has 2 aromatic carbocycles. The van der Waals surface area contributed by atoms with Crippen LogP contribution in [0.15, 0.2) is 42.5 Å². The number of aryl methyl sites for hydroxylation is 1. The van der Waals surface area contributed by atoms with Gasteiger partial charge in [-0.15, -0.1) is 0 Å². The predicted octanol–water partition coefficient (Wildman–Crippen LogP) is 2.02. The maximum Gasteiger partial charge on any atom is 0.271 e. The minimum absolute atomic E-state index is 0.130. The zero-order chi connectivity index (χ0) is 17.7. The summed E-state index contributed by atoms with van der Waals surface area (Å²) in [5, 5.41) is 13.5. The maximum absolute atomic E-state index is 12.4. The van der Waals surface area contributed by atoms with Crippen LogP contribution in [0.4, 0.5) is 11.4 Å². The second kappa shape index (κ2) is 7.23. The second-order valence-corrected chi connectivity index (χ2v) is 4.96. The van der Waals surface area contributed by atoms with Crippen LogP contribution in [0, 0.1) is 17.0 Å². The maximum atomic E-state index is 12.4. The van der Waals surface area contributed by atoms with Gasteiger partial charge in [0.2, 0.25) is 0 Å². The van der Waals surface area contributed by atoms with Gasteiger partial charge in [0.1, 0.15) is 5.75 Å². The van der Waals surface area contributed by atoms with Crippen molar-refractivity contribution in [2.24, 2.45) is 5.73 Å². The molecule has 0 unspecified atom stereocenters. The number of nitrogens with one attached hydrogen (secondary N) is 1. The summed E-state index contributed by atoms with van der Waals surface area (Å²) in [4.78, 5) is 33.6. The number of primary amides is 1. The number of rotatable bonds is 6. The van der Waals surface area contributed by atoms with E-state index in [9.17, 15) is 19.7 Å². The van der Waals surface area contributed by atoms with Crippen molar-refractivity contribution in [1.82, 2.24) is 0 Å². The molecule has 8 nitrogen and oxygen atoms in total. The first-order chi connectivity index (χ1) is 11.4. The Balaban J connectivity index is 2.26. The Hall–Kier alpha value is -3.42. The van der Waals surface area contributed by atoms with E-state index in [-0.39, 0.29) is 23.6 Å². The molecule has 24 heavy (non-hydrogen) atoms. The lowest BCUT2D eigenvalue weighted by Gasteiger charge is -2.12. The lowest BCUT2D eigenvalue weighted by Crippen LogP contribution is -2.21. The molecule has 0 aliphatic heterocycles. The largest absolute Gasteiger partial charge is 0.483 e. The number of carbonyl (C=O) groups is 2. The molecule has 0 bridgehead atoms. The number of non-ortho nitro benzene ring substituents is 1. The second-order valence-electron chi connectivity index (χ2n) is 4.96. The molecule has 0 fully saturated rings. The van der Waals surface area contributed by atoms with Crippen LogP contribution < -0.4 is 15.8 Å². The highest BCUT2D eigenvalue weighted by molar-refractivity contribution is 6.06. The molecule has 3 N–H and O–H groups in total. The number of nitro groups is 1. The average Bonchev–Trinajstić information content (AvgIpc) is 2.54. The molecule has 2 amide bonds. The Morgan fingerprint density at radius 2 is 1.96 bits per heavy atom. The highest BCUT2D eigenvalue weighted by Gasteiger charge is 2.16. The van der Waals surface area contributed by atoms with Crippen molar-refractivity contribution in [2.75, 3.05) is 11.9 Å². The predicted molar refractivity (Wildman–Crippen MR) is 86.9 cm³/mol. The van der Waals surface area contributed by atoms with Crippen LogP contribution in [-0.2, 0) is 4.79 Å². The molecule has 2 rings (SSSR count). The lowest BCUT2D eigenvalue weighted by molar-refractivity contribution is -0.384. The number of hydrogen-bond donors (Lipinski definition) is 2. The molecule has 0 aromatic heterocycles. The van der Waals surface area contributed by atoms with Crippen molar-refractivity contribution < 1.29 is 19.2 Å². The van der Waals surface area contributed by atoms with Gasteiger partial charge in [0.05, 0.1) is 16.2 Å². The summed E-state index contributed by atoms with van der Waals surface area (Å²) in [7, 11) is 0. The number of amides is 2. The zero-order valence-electron chi connectivity index (χ0n) is 12.8. The molecule has 0 atom stereocenters. The quantitative estimate of drug-likeness (QED) is 0.619. The number of hydrogen-bond acceptors (Lipinski definition) is 5. The van der Waals surface area contributed by atoms with Crippen LogP contribution in [-0.4, -0.2) is 23.3 Å². The normalized spacial score (nSPS) is 10.0. The van der Waals surface area contributed by atoms with E-state index in [1.165, 1.54) is 24.3 Å². The van der Waals surface area contributed by atoms with E-state index in [0.717, 1.165) is 0 Å². The summed E-state index contributed by atoms with van der Waals surface area (Å²) < 4.78 is 5.21. The van der Waals surface area contributed by atoms with E-state index in [0.29, 0.717) is 11.3 Å². The van der Waals surface area contributed by atoms with Crippen molar-refractivity contribution in [2.45, 2.75) is 6.92 Å². The van der Waals surface area contributed by atoms with Gasteiger partial charge in [-0.25, -0.2) is 0 Å². The molecule has 0 spiro atoms. The lowest BCUT2D eigenvalue weighted by atomic mass is 10.1. The Morgan fingerprint density at radius 1 is 1.25 bits per heavy atom. The summed E-state index contributed by atoms with van der Waals surface area (Å²) in [6.45, 7) is 1.36. The summed E-state index contributed by atoms with van der Waals surface area (Å²) in [5.41, 5.74) is 6.07. The van der Waals surface area contributed by atoms with Gasteiger partial charge in [-0.3, -0.25) is 19.7 Å². The van der Waals surface area contributed by atoms with E-state index in [2.05, 4.69) is 5.32 Å². The fourth-order valence-corrected chi connectivity index (χ4v) is 1.98. The molecule has 0 aliphatic rings. The summed E-state index contributed by atoms with van der Waals surface area (Å²) >= 11 is 0. The minimum atomic E-state index is -0.667. The Kier molecular flexibility index (Phi) is 5.10. The monoisotopic (exact) mass is 329 g/mol. The van der Waals surface area contributed by atoms with Crippen LogP contribution in [0.1, 0.15) is 15.9 Å². The standard InChI is InChI=1S/C16H15N3O5/c1-10-6-7-11(19(22)23)8-13(10)18-16(21)12-4-2-3-5-14(12)24-9-15(17)20/h2-8H,9H2,1H3,(H2,17,20)(H,18,21). The number of nitrogens with zero attached hydrogens (tertiary/aromatic N) is 1. The first kappa shape index (κ1) is 16.9. The van der Waals surface area contributed by atoms with Gasteiger partial charge in [-0.1, -0.05) is 18.2 Å². The van der Waals surface area contributed by atoms with E-state index in [1.807, 2.05) is 0 Å². The van der Waals surface area contributed by atoms with Crippen molar-refractivity contribution >= 4 is 23.2 Å².